The first-order chi connectivity index (χ1) is 13.6. The lowest BCUT2D eigenvalue weighted by Gasteiger charge is -2.21. The van der Waals surface area contributed by atoms with Gasteiger partial charge in [0.2, 0.25) is 0 Å². The molecule has 0 spiro atoms. The Bertz CT molecular complexity index is 923. The molecular weight excluding hydrogens is 348 g/mol. The van der Waals surface area contributed by atoms with Gasteiger partial charge in [-0.15, -0.1) is 0 Å². The smallest absolute Gasteiger partial charge is 0.275 e. The molecule has 3 rings (SSSR count). The van der Waals surface area contributed by atoms with Crippen LogP contribution in [-0.4, -0.2) is 22.4 Å². The number of carbonyl (C=O) groups excluding carboxylic acids is 1. The van der Waals surface area contributed by atoms with E-state index in [1.54, 1.807) is 12.4 Å². The molecule has 28 heavy (non-hydrogen) atoms. The second-order valence-corrected chi connectivity index (χ2v) is 6.68. The van der Waals surface area contributed by atoms with Crippen LogP contribution in [0, 0.1) is 6.92 Å². The maximum Gasteiger partial charge on any atom is 0.275 e. The highest BCUT2D eigenvalue weighted by Gasteiger charge is 2.14. The van der Waals surface area contributed by atoms with Crippen LogP contribution in [0.25, 0.3) is 0 Å². The van der Waals surface area contributed by atoms with Crippen LogP contribution < -0.4 is 10.2 Å². The van der Waals surface area contributed by atoms with E-state index in [1.807, 2.05) is 43.3 Å². The molecule has 0 fully saturated rings. The third-order valence-electron chi connectivity index (χ3n) is 4.77. The van der Waals surface area contributed by atoms with E-state index in [-0.39, 0.29) is 5.91 Å². The Hall–Kier alpha value is -3.21. The van der Waals surface area contributed by atoms with Crippen molar-refractivity contribution < 1.29 is 4.79 Å². The topological polar surface area (TPSA) is 58.1 Å². The largest absolute Gasteiger partial charge is 0.351 e. The predicted molar refractivity (Wildman–Crippen MR) is 114 cm³/mol. The quantitative estimate of drug-likeness (QED) is 0.655. The van der Waals surface area contributed by atoms with Crippen molar-refractivity contribution in [3.63, 3.8) is 0 Å². The van der Waals surface area contributed by atoms with Crippen molar-refractivity contribution in [2.45, 2.75) is 33.7 Å². The number of anilines is 2. The molecule has 0 atom stereocenters. The van der Waals surface area contributed by atoms with Crippen molar-refractivity contribution in [3.05, 3.63) is 83.3 Å². The maximum absolute atomic E-state index is 12.6. The summed E-state index contributed by atoms with van der Waals surface area (Å²) in [7, 11) is 0. The molecule has 1 N–H and O–H groups in total. The van der Waals surface area contributed by atoms with Gasteiger partial charge in [-0.25, -0.2) is 9.97 Å². The number of benzene rings is 2. The maximum atomic E-state index is 12.6. The molecule has 0 saturated carbocycles. The molecule has 5 nitrogen and oxygen atoms in total. The highest BCUT2D eigenvalue weighted by atomic mass is 16.1. The number of nitrogens with zero attached hydrogens (tertiary/aromatic N) is 3. The summed E-state index contributed by atoms with van der Waals surface area (Å²) in [6.45, 7) is 7.70. The zero-order valence-electron chi connectivity index (χ0n) is 16.6. The number of amides is 1. The van der Waals surface area contributed by atoms with Gasteiger partial charge in [0.15, 0.2) is 0 Å². The number of aromatic nitrogens is 2. The number of carbonyl (C=O) groups is 1. The summed E-state index contributed by atoms with van der Waals surface area (Å²) in [5.74, 6) is 0.516. The molecule has 1 heterocycles. The van der Waals surface area contributed by atoms with E-state index in [4.69, 9.17) is 0 Å². The molecule has 0 aliphatic heterocycles. The molecule has 1 amide bonds. The average molecular weight is 374 g/mol. The summed E-state index contributed by atoms with van der Waals surface area (Å²) < 4.78 is 0. The average Bonchev–Trinajstić information content (AvgIpc) is 2.74. The number of rotatable bonds is 7. The van der Waals surface area contributed by atoms with Gasteiger partial charge >= 0.3 is 0 Å². The monoisotopic (exact) mass is 374 g/mol. The predicted octanol–water partition coefficient (Wildman–Crippen LogP) is 4.63. The fourth-order valence-corrected chi connectivity index (χ4v) is 3.14. The number of hydrogen-bond acceptors (Lipinski definition) is 4. The van der Waals surface area contributed by atoms with Crippen molar-refractivity contribution in [3.8, 4) is 0 Å². The van der Waals surface area contributed by atoms with Crippen molar-refractivity contribution in [2.24, 2.45) is 0 Å². The molecule has 2 aromatic carbocycles. The Morgan fingerprint density at radius 1 is 1.00 bits per heavy atom. The van der Waals surface area contributed by atoms with Crippen molar-refractivity contribution in [1.29, 1.82) is 0 Å². The van der Waals surface area contributed by atoms with Gasteiger partial charge in [-0.3, -0.25) is 4.79 Å². The second-order valence-electron chi connectivity index (χ2n) is 6.68. The lowest BCUT2D eigenvalue weighted by Crippen LogP contribution is -2.24. The van der Waals surface area contributed by atoms with Crippen LogP contribution in [0.5, 0.6) is 0 Å². The molecule has 5 heteroatoms. The summed E-state index contributed by atoms with van der Waals surface area (Å²) in [5.41, 5.74) is 4.53. The van der Waals surface area contributed by atoms with Crippen LogP contribution in [0.1, 0.15) is 41.0 Å². The Kier molecular flexibility index (Phi) is 6.37. The van der Waals surface area contributed by atoms with Gasteiger partial charge in [0.25, 0.3) is 5.91 Å². The Balaban J connectivity index is 1.74. The molecule has 144 valence electrons. The van der Waals surface area contributed by atoms with E-state index in [9.17, 15) is 4.79 Å². The van der Waals surface area contributed by atoms with Gasteiger partial charge in [0.1, 0.15) is 11.5 Å². The highest BCUT2D eigenvalue weighted by molar-refractivity contribution is 6.03. The molecule has 0 bridgehead atoms. The standard InChI is InChI=1S/C23H26N4O/c1-4-19-13-9-10-17(3)22(19)26-23(28)20-14-25-21(15-24-20)27(5-2)16-18-11-7-6-8-12-18/h6-15H,4-5,16H2,1-3H3,(H,26,28). The van der Waals surface area contributed by atoms with Crippen LogP contribution in [0.2, 0.25) is 0 Å². The van der Waals surface area contributed by atoms with Gasteiger partial charge in [-0.2, -0.15) is 0 Å². The molecule has 0 unspecified atom stereocenters. The van der Waals surface area contributed by atoms with Gasteiger partial charge in [-0.05, 0) is 37.0 Å². The Morgan fingerprint density at radius 2 is 1.79 bits per heavy atom. The molecule has 3 aromatic rings. The lowest BCUT2D eigenvalue weighted by molar-refractivity contribution is 0.102. The minimum absolute atomic E-state index is 0.242. The zero-order chi connectivity index (χ0) is 19.9. The molecular formula is C23H26N4O. The van der Waals surface area contributed by atoms with Gasteiger partial charge in [0.05, 0.1) is 12.4 Å². The first-order valence-electron chi connectivity index (χ1n) is 9.63. The van der Waals surface area contributed by atoms with Crippen molar-refractivity contribution in [1.82, 2.24) is 9.97 Å². The first-order valence-corrected chi connectivity index (χ1v) is 9.63. The summed E-state index contributed by atoms with van der Waals surface area (Å²) in [6, 6.07) is 16.3. The van der Waals surface area contributed by atoms with Crippen LogP contribution in [0.4, 0.5) is 11.5 Å². The molecule has 0 aliphatic carbocycles. The fraction of sp³-hybridized carbons (Fsp3) is 0.261. The minimum Gasteiger partial charge on any atom is -0.351 e. The van der Waals surface area contributed by atoms with E-state index >= 15 is 0 Å². The first kappa shape index (κ1) is 19.5. The number of nitrogens with one attached hydrogen (secondary N) is 1. The van der Waals surface area contributed by atoms with Crippen molar-refractivity contribution >= 4 is 17.4 Å². The van der Waals surface area contributed by atoms with Crippen LogP contribution in [0.3, 0.4) is 0 Å². The number of para-hydroxylation sites is 1. The third kappa shape index (κ3) is 4.55. The second kappa shape index (κ2) is 9.13. The summed E-state index contributed by atoms with van der Waals surface area (Å²) in [4.78, 5) is 23.6. The fourth-order valence-electron chi connectivity index (χ4n) is 3.14. The van der Waals surface area contributed by atoms with E-state index in [0.717, 1.165) is 42.1 Å². The minimum atomic E-state index is -0.242. The van der Waals surface area contributed by atoms with Crippen LogP contribution in [-0.2, 0) is 13.0 Å². The Morgan fingerprint density at radius 3 is 2.43 bits per heavy atom. The van der Waals surface area contributed by atoms with Crippen LogP contribution in [0.15, 0.2) is 60.9 Å². The van der Waals surface area contributed by atoms with E-state index in [1.165, 1.54) is 5.56 Å². The van der Waals surface area contributed by atoms with Gasteiger partial charge < -0.3 is 10.2 Å². The van der Waals surface area contributed by atoms with E-state index in [0.29, 0.717) is 5.69 Å². The normalized spacial score (nSPS) is 10.5. The summed E-state index contributed by atoms with van der Waals surface area (Å²) in [6.07, 6.45) is 4.06. The molecule has 0 radical (unpaired) electrons. The lowest BCUT2D eigenvalue weighted by atomic mass is 10.1. The Labute approximate surface area is 166 Å². The van der Waals surface area contributed by atoms with Gasteiger partial charge in [-0.1, -0.05) is 55.5 Å². The number of hydrogen-bond donors (Lipinski definition) is 1. The third-order valence-corrected chi connectivity index (χ3v) is 4.77. The highest BCUT2D eigenvalue weighted by Crippen LogP contribution is 2.22. The summed E-state index contributed by atoms with van der Waals surface area (Å²) in [5, 5.41) is 2.99. The molecule has 1 aromatic heterocycles. The number of aryl methyl sites for hydroxylation is 2. The van der Waals surface area contributed by atoms with E-state index in [2.05, 4.69) is 46.2 Å². The van der Waals surface area contributed by atoms with Crippen LogP contribution >= 0.6 is 0 Å². The summed E-state index contributed by atoms with van der Waals surface area (Å²) >= 11 is 0. The molecule has 0 aliphatic rings. The van der Waals surface area contributed by atoms with Gasteiger partial charge in [0, 0.05) is 18.8 Å². The SMILES string of the molecule is CCc1cccc(C)c1NC(=O)c1cnc(N(CC)Cc2ccccc2)cn1. The molecule has 0 saturated heterocycles. The van der Waals surface area contributed by atoms with Crippen molar-refractivity contribution in [2.75, 3.05) is 16.8 Å². The van der Waals surface area contributed by atoms with E-state index < -0.39 is 0 Å². The zero-order valence-corrected chi connectivity index (χ0v) is 16.6.